The molecule has 0 unspecified atom stereocenters. The van der Waals surface area contributed by atoms with Gasteiger partial charge in [0.25, 0.3) is 0 Å². The maximum absolute atomic E-state index is 2.45. The number of fused-ring (bicyclic) bond motifs is 8. The van der Waals surface area contributed by atoms with Crippen LogP contribution < -0.4 is 0 Å². The fourth-order valence-electron chi connectivity index (χ4n) is 6.95. The molecule has 0 spiro atoms. The largest absolute Gasteiger partial charge is 0.0622 e. The predicted molar refractivity (Wildman–Crippen MR) is 167 cm³/mol. The van der Waals surface area contributed by atoms with Crippen LogP contribution >= 0.6 is 0 Å². The molecule has 1 aliphatic rings. The average Bonchev–Trinajstić information content (AvgIpc) is 3.22. The molecule has 0 heterocycles. The Hall–Kier alpha value is -4.68. The molecule has 0 amide bonds. The van der Waals surface area contributed by atoms with Gasteiger partial charge in [-0.25, -0.2) is 0 Å². The fraction of sp³-hybridized carbons (Fsp3) is 0.0769. The Labute approximate surface area is 229 Å². The summed E-state index contributed by atoms with van der Waals surface area (Å²) >= 11 is 0. The molecule has 1 aliphatic carbocycles. The zero-order valence-corrected chi connectivity index (χ0v) is 22.2. The van der Waals surface area contributed by atoms with Gasteiger partial charge in [-0.1, -0.05) is 129 Å². The van der Waals surface area contributed by atoms with Gasteiger partial charge in [-0.2, -0.15) is 0 Å². The third-order valence-corrected chi connectivity index (χ3v) is 8.84. The summed E-state index contributed by atoms with van der Waals surface area (Å²) in [5.41, 5.74) is 10.6. The quantitative estimate of drug-likeness (QED) is 0.209. The van der Waals surface area contributed by atoms with Crippen molar-refractivity contribution in [1.82, 2.24) is 0 Å². The lowest BCUT2D eigenvalue weighted by atomic mass is 9.81. The zero-order valence-electron chi connectivity index (χ0n) is 22.2. The van der Waals surface area contributed by atoms with Gasteiger partial charge in [0.05, 0.1) is 0 Å². The van der Waals surface area contributed by atoms with E-state index in [-0.39, 0.29) is 5.41 Å². The van der Waals surface area contributed by atoms with Crippen LogP contribution in [0.5, 0.6) is 0 Å². The van der Waals surface area contributed by atoms with E-state index in [0.29, 0.717) is 0 Å². The van der Waals surface area contributed by atoms with Crippen LogP contribution in [0.25, 0.3) is 65.7 Å². The van der Waals surface area contributed by atoms with Crippen molar-refractivity contribution in [2.75, 3.05) is 0 Å². The minimum Gasteiger partial charge on any atom is -0.0622 e. The van der Waals surface area contributed by atoms with Crippen LogP contribution in [0.3, 0.4) is 0 Å². The van der Waals surface area contributed by atoms with Gasteiger partial charge in [-0.15, -0.1) is 0 Å². The van der Waals surface area contributed by atoms with Crippen molar-refractivity contribution < 1.29 is 0 Å². The maximum atomic E-state index is 2.45. The van der Waals surface area contributed by atoms with Crippen molar-refractivity contribution in [3.05, 3.63) is 145 Å². The molecule has 0 atom stereocenters. The maximum Gasteiger partial charge on any atom is 0.0159 e. The van der Waals surface area contributed by atoms with E-state index in [1.165, 1.54) is 76.8 Å². The number of benzene rings is 7. The van der Waals surface area contributed by atoms with Crippen LogP contribution in [0.15, 0.2) is 133 Å². The van der Waals surface area contributed by atoms with Crippen molar-refractivity contribution in [3.8, 4) is 33.4 Å². The molecular formula is C39H28. The molecule has 0 aliphatic heterocycles. The van der Waals surface area contributed by atoms with Gasteiger partial charge >= 0.3 is 0 Å². The SMILES string of the molecule is CC1(C)c2ccccc2-c2ccc(-c3cc4cc(-c5ccccc5)c5ccccc5c4c4ccccc34)cc21. The van der Waals surface area contributed by atoms with Crippen molar-refractivity contribution in [1.29, 1.82) is 0 Å². The first-order chi connectivity index (χ1) is 19.1. The highest BCUT2D eigenvalue weighted by atomic mass is 14.4. The van der Waals surface area contributed by atoms with E-state index < -0.39 is 0 Å². The first-order valence-corrected chi connectivity index (χ1v) is 13.8. The van der Waals surface area contributed by atoms with Gasteiger partial charge in [-0.05, 0) is 95.0 Å². The molecule has 0 aromatic heterocycles. The molecule has 0 fully saturated rings. The van der Waals surface area contributed by atoms with Gasteiger partial charge in [-0.3, -0.25) is 0 Å². The lowest BCUT2D eigenvalue weighted by Crippen LogP contribution is -2.14. The van der Waals surface area contributed by atoms with Crippen molar-refractivity contribution in [2.24, 2.45) is 0 Å². The van der Waals surface area contributed by atoms with E-state index in [2.05, 4.69) is 147 Å². The first kappa shape index (κ1) is 22.3. The minimum absolute atomic E-state index is 0.0225. The van der Waals surface area contributed by atoms with Crippen molar-refractivity contribution in [2.45, 2.75) is 19.3 Å². The Morgan fingerprint density at radius 2 is 0.923 bits per heavy atom. The summed E-state index contributed by atoms with van der Waals surface area (Å²) in [6.45, 7) is 4.72. The lowest BCUT2D eigenvalue weighted by molar-refractivity contribution is 0.660. The second-order valence-corrected chi connectivity index (χ2v) is 11.3. The van der Waals surface area contributed by atoms with Crippen LogP contribution in [0.2, 0.25) is 0 Å². The smallest absolute Gasteiger partial charge is 0.0159 e. The Morgan fingerprint density at radius 1 is 0.385 bits per heavy atom. The lowest BCUT2D eigenvalue weighted by Gasteiger charge is -2.22. The fourth-order valence-corrected chi connectivity index (χ4v) is 6.95. The second kappa shape index (κ2) is 8.16. The molecule has 7 aromatic rings. The van der Waals surface area contributed by atoms with E-state index in [4.69, 9.17) is 0 Å². The molecule has 184 valence electrons. The van der Waals surface area contributed by atoms with Gasteiger partial charge in [0, 0.05) is 5.41 Å². The summed E-state index contributed by atoms with van der Waals surface area (Å²) in [5.74, 6) is 0. The highest BCUT2D eigenvalue weighted by molar-refractivity contribution is 6.25. The van der Waals surface area contributed by atoms with Crippen LogP contribution in [0, 0.1) is 0 Å². The molecule has 0 bridgehead atoms. The summed E-state index contributed by atoms with van der Waals surface area (Å²) < 4.78 is 0. The summed E-state index contributed by atoms with van der Waals surface area (Å²) in [6.07, 6.45) is 0. The van der Waals surface area contributed by atoms with Crippen LogP contribution in [0.1, 0.15) is 25.0 Å². The van der Waals surface area contributed by atoms with E-state index in [0.717, 1.165) is 0 Å². The first-order valence-electron chi connectivity index (χ1n) is 13.8. The normalized spacial score (nSPS) is 13.6. The monoisotopic (exact) mass is 496 g/mol. The van der Waals surface area contributed by atoms with Crippen LogP contribution in [0.4, 0.5) is 0 Å². The van der Waals surface area contributed by atoms with Gasteiger partial charge in [0.2, 0.25) is 0 Å². The molecular weight excluding hydrogens is 468 g/mol. The van der Waals surface area contributed by atoms with E-state index in [1.807, 2.05) is 0 Å². The Bertz CT molecular complexity index is 2080. The van der Waals surface area contributed by atoms with E-state index in [1.54, 1.807) is 0 Å². The summed E-state index contributed by atoms with van der Waals surface area (Å²) in [5, 5.41) is 7.83. The van der Waals surface area contributed by atoms with Crippen LogP contribution in [-0.2, 0) is 5.41 Å². The number of rotatable bonds is 2. The Morgan fingerprint density at radius 3 is 1.62 bits per heavy atom. The molecule has 0 radical (unpaired) electrons. The third-order valence-electron chi connectivity index (χ3n) is 8.84. The Balaban J connectivity index is 1.45. The topological polar surface area (TPSA) is 0 Å². The Kier molecular flexibility index (Phi) is 4.67. The van der Waals surface area contributed by atoms with E-state index >= 15 is 0 Å². The number of hydrogen-bond donors (Lipinski definition) is 0. The van der Waals surface area contributed by atoms with Crippen molar-refractivity contribution >= 4 is 32.3 Å². The molecule has 0 heteroatoms. The third kappa shape index (κ3) is 3.18. The van der Waals surface area contributed by atoms with Crippen LogP contribution in [-0.4, -0.2) is 0 Å². The molecule has 8 rings (SSSR count). The molecule has 0 saturated heterocycles. The molecule has 39 heavy (non-hydrogen) atoms. The predicted octanol–water partition coefficient (Wildman–Crippen LogP) is 10.8. The minimum atomic E-state index is -0.0225. The summed E-state index contributed by atoms with van der Waals surface area (Å²) in [7, 11) is 0. The standard InChI is InChI=1S/C39H28/c1-39(2)36-19-11-10-16-30(36)31-21-20-26(24-37(31)39)35-23-27-22-34(25-12-4-3-5-13-25)28-14-6-8-17-32(28)38(27)33-18-9-7-15-29(33)35/h3-24H,1-2H3. The van der Waals surface area contributed by atoms with Gasteiger partial charge < -0.3 is 0 Å². The molecule has 0 nitrogen and oxygen atoms in total. The molecule has 7 aromatic carbocycles. The van der Waals surface area contributed by atoms with E-state index in [9.17, 15) is 0 Å². The molecule has 0 saturated carbocycles. The van der Waals surface area contributed by atoms with Gasteiger partial charge in [0.1, 0.15) is 0 Å². The van der Waals surface area contributed by atoms with Crippen molar-refractivity contribution in [3.63, 3.8) is 0 Å². The highest BCUT2D eigenvalue weighted by Gasteiger charge is 2.35. The highest BCUT2D eigenvalue weighted by Crippen LogP contribution is 2.50. The molecule has 0 N–H and O–H groups in total. The van der Waals surface area contributed by atoms with Gasteiger partial charge in [0.15, 0.2) is 0 Å². The second-order valence-electron chi connectivity index (χ2n) is 11.3. The average molecular weight is 497 g/mol. The number of hydrogen-bond acceptors (Lipinski definition) is 0. The zero-order chi connectivity index (χ0) is 26.1. The summed E-state index contributed by atoms with van der Waals surface area (Å²) in [4.78, 5) is 0. The summed E-state index contributed by atoms with van der Waals surface area (Å²) in [6, 6.07) is 49.4.